The van der Waals surface area contributed by atoms with E-state index in [0.717, 1.165) is 29.9 Å². The normalized spacial score (nSPS) is 25.5. The van der Waals surface area contributed by atoms with Crippen molar-refractivity contribution in [2.45, 2.75) is 69.7 Å². The van der Waals surface area contributed by atoms with Crippen molar-refractivity contribution in [3.8, 4) is 22.6 Å². The zero-order valence-corrected chi connectivity index (χ0v) is 18.5. The van der Waals surface area contributed by atoms with Gasteiger partial charge in [0.2, 0.25) is 6.29 Å². The van der Waals surface area contributed by atoms with Gasteiger partial charge in [-0.15, -0.1) is 0 Å². The third kappa shape index (κ3) is 6.43. The summed E-state index contributed by atoms with van der Waals surface area (Å²) in [4.78, 5) is 0. The molecule has 5 atom stereocenters. The molecule has 0 aromatic heterocycles. The average molecular weight is 447 g/mol. The molecule has 0 saturated carbocycles. The molecule has 32 heavy (non-hydrogen) atoms. The Balaban J connectivity index is 1.53. The van der Waals surface area contributed by atoms with Crippen molar-refractivity contribution in [1.82, 2.24) is 0 Å². The van der Waals surface area contributed by atoms with Crippen LogP contribution < -0.4 is 9.47 Å². The van der Waals surface area contributed by atoms with E-state index in [1.54, 1.807) is 12.1 Å². The molecule has 4 N–H and O–H groups in total. The second kappa shape index (κ2) is 12.2. The molecular weight excluding hydrogens is 412 g/mol. The zero-order chi connectivity index (χ0) is 22.9. The van der Waals surface area contributed by atoms with Gasteiger partial charge in [0.1, 0.15) is 35.9 Å². The zero-order valence-electron chi connectivity index (χ0n) is 18.5. The fourth-order valence-electron chi connectivity index (χ4n) is 3.66. The topological polar surface area (TPSA) is 109 Å². The van der Waals surface area contributed by atoms with Gasteiger partial charge in [0, 0.05) is 0 Å². The van der Waals surface area contributed by atoms with Crippen LogP contribution in [0, 0.1) is 0 Å². The van der Waals surface area contributed by atoms with E-state index in [-0.39, 0.29) is 0 Å². The fourth-order valence-corrected chi connectivity index (χ4v) is 3.66. The quantitative estimate of drug-likeness (QED) is 0.393. The first kappa shape index (κ1) is 24.5. The summed E-state index contributed by atoms with van der Waals surface area (Å²) < 4.78 is 16.8. The van der Waals surface area contributed by atoms with Gasteiger partial charge in [0.15, 0.2) is 0 Å². The molecule has 0 spiro atoms. The molecule has 1 aliphatic heterocycles. The molecule has 1 saturated heterocycles. The number of hydrogen-bond acceptors (Lipinski definition) is 7. The standard InChI is InChI=1S/C25H34O7/c1-2-3-4-5-6-15-30-19-11-7-17(8-12-19)18-9-13-20(14-10-18)31-25-24(29)23(28)22(27)21(16-26)32-25/h7-14,21-29H,2-6,15-16H2,1H3/t21-,22-,23+,24-,25-/m1/s1. The number of ether oxygens (including phenoxy) is 3. The van der Waals surface area contributed by atoms with E-state index in [4.69, 9.17) is 14.2 Å². The van der Waals surface area contributed by atoms with Crippen LogP contribution in [0.4, 0.5) is 0 Å². The molecule has 0 radical (unpaired) electrons. The first-order valence-electron chi connectivity index (χ1n) is 11.3. The smallest absolute Gasteiger partial charge is 0.229 e. The van der Waals surface area contributed by atoms with E-state index >= 15 is 0 Å². The Hall–Kier alpha value is -2.16. The van der Waals surface area contributed by atoms with E-state index in [1.807, 2.05) is 36.4 Å². The SMILES string of the molecule is CCCCCCCOc1ccc(-c2ccc(O[C@@H]3O[C@H](CO)[C@@H](O)[C@H](O)[C@H]3O)cc2)cc1. The molecule has 7 nitrogen and oxygen atoms in total. The summed E-state index contributed by atoms with van der Waals surface area (Å²) in [6.45, 7) is 2.44. The highest BCUT2D eigenvalue weighted by atomic mass is 16.7. The summed E-state index contributed by atoms with van der Waals surface area (Å²) in [6.07, 6.45) is -0.482. The lowest BCUT2D eigenvalue weighted by Crippen LogP contribution is -2.60. The van der Waals surface area contributed by atoms with Gasteiger partial charge in [-0.25, -0.2) is 0 Å². The fraction of sp³-hybridized carbons (Fsp3) is 0.520. The van der Waals surface area contributed by atoms with E-state index in [9.17, 15) is 20.4 Å². The lowest BCUT2D eigenvalue weighted by molar-refractivity contribution is -0.277. The highest BCUT2D eigenvalue weighted by Gasteiger charge is 2.44. The Morgan fingerprint density at radius 1 is 0.750 bits per heavy atom. The predicted molar refractivity (Wildman–Crippen MR) is 121 cm³/mol. The van der Waals surface area contributed by atoms with Crippen LogP contribution in [0.25, 0.3) is 11.1 Å². The van der Waals surface area contributed by atoms with Crippen LogP contribution in [0.1, 0.15) is 39.0 Å². The van der Waals surface area contributed by atoms with Gasteiger partial charge in [0.05, 0.1) is 13.2 Å². The maximum atomic E-state index is 10.1. The summed E-state index contributed by atoms with van der Waals surface area (Å²) in [7, 11) is 0. The van der Waals surface area contributed by atoms with Crippen LogP contribution in [-0.2, 0) is 4.74 Å². The second-order valence-corrected chi connectivity index (χ2v) is 8.13. The summed E-state index contributed by atoms with van der Waals surface area (Å²) in [5.41, 5.74) is 2.01. The molecule has 7 heteroatoms. The minimum Gasteiger partial charge on any atom is -0.494 e. The number of hydrogen-bond donors (Lipinski definition) is 4. The van der Waals surface area contributed by atoms with Crippen LogP contribution >= 0.6 is 0 Å². The second-order valence-electron chi connectivity index (χ2n) is 8.13. The largest absolute Gasteiger partial charge is 0.494 e. The van der Waals surface area contributed by atoms with Gasteiger partial charge < -0.3 is 34.6 Å². The molecule has 0 aliphatic carbocycles. The van der Waals surface area contributed by atoms with Gasteiger partial charge in [-0.05, 0) is 41.8 Å². The van der Waals surface area contributed by atoms with E-state index in [1.165, 1.54) is 25.7 Å². The van der Waals surface area contributed by atoms with Crippen molar-refractivity contribution in [2.75, 3.05) is 13.2 Å². The molecular formula is C25H34O7. The highest BCUT2D eigenvalue weighted by molar-refractivity contribution is 5.64. The third-order valence-corrected chi connectivity index (χ3v) is 5.66. The van der Waals surface area contributed by atoms with E-state index < -0.39 is 37.3 Å². The molecule has 2 aromatic rings. The minimum absolute atomic E-state index is 0.432. The minimum atomic E-state index is -1.47. The Morgan fingerprint density at radius 3 is 1.94 bits per heavy atom. The van der Waals surface area contributed by atoms with Crippen molar-refractivity contribution in [2.24, 2.45) is 0 Å². The molecule has 1 heterocycles. The monoisotopic (exact) mass is 446 g/mol. The van der Waals surface area contributed by atoms with Crippen molar-refractivity contribution in [3.05, 3.63) is 48.5 Å². The van der Waals surface area contributed by atoms with Crippen LogP contribution in [0.3, 0.4) is 0 Å². The van der Waals surface area contributed by atoms with Crippen LogP contribution in [-0.4, -0.2) is 64.3 Å². The predicted octanol–water partition coefficient (Wildman–Crippen LogP) is 2.88. The van der Waals surface area contributed by atoms with Crippen LogP contribution in [0.5, 0.6) is 11.5 Å². The number of unbranched alkanes of at least 4 members (excludes halogenated alkanes) is 4. The number of aliphatic hydroxyl groups excluding tert-OH is 4. The van der Waals surface area contributed by atoms with Gasteiger partial charge in [0.25, 0.3) is 0 Å². The molecule has 2 aromatic carbocycles. The lowest BCUT2D eigenvalue weighted by atomic mass is 9.99. The summed E-state index contributed by atoms with van der Waals surface area (Å²) in [5.74, 6) is 1.29. The van der Waals surface area contributed by atoms with Crippen LogP contribution in [0.2, 0.25) is 0 Å². The number of aliphatic hydroxyl groups is 4. The Morgan fingerprint density at radius 2 is 1.34 bits per heavy atom. The van der Waals surface area contributed by atoms with Crippen molar-refractivity contribution >= 4 is 0 Å². The Bertz CT molecular complexity index is 791. The first-order valence-corrected chi connectivity index (χ1v) is 11.3. The molecule has 0 unspecified atom stereocenters. The van der Waals surface area contributed by atoms with Gasteiger partial charge in [-0.3, -0.25) is 0 Å². The van der Waals surface area contributed by atoms with Crippen LogP contribution in [0.15, 0.2) is 48.5 Å². The van der Waals surface area contributed by atoms with Gasteiger partial charge >= 0.3 is 0 Å². The summed E-state index contributed by atoms with van der Waals surface area (Å²) in [6, 6.07) is 15.1. The molecule has 3 rings (SSSR count). The third-order valence-electron chi connectivity index (χ3n) is 5.66. The van der Waals surface area contributed by atoms with Crippen molar-refractivity contribution < 1.29 is 34.6 Å². The molecule has 1 fully saturated rings. The van der Waals surface area contributed by atoms with E-state index in [0.29, 0.717) is 5.75 Å². The van der Waals surface area contributed by atoms with Crippen molar-refractivity contribution in [3.63, 3.8) is 0 Å². The van der Waals surface area contributed by atoms with Gasteiger partial charge in [-0.1, -0.05) is 56.9 Å². The summed E-state index contributed by atoms with van der Waals surface area (Å²) in [5, 5.41) is 39.1. The van der Waals surface area contributed by atoms with E-state index in [2.05, 4.69) is 6.92 Å². The highest BCUT2D eigenvalue weighted by Crippen LogP contribution is 2.28. The molecule has 176 valence electrons. The Kier molecular flexibility index (Phi) is 9.32. The van der Waals surface area contributed by atoms with Crippen molar-refractivity contribution in [1.29, 1.82) is 0 Å². The molecule has 0 amide bonds. The number of rotatable bonds is 11. The lowest BCUT2D eigenvalue weighted by Gasteiger charge is -2.39. The molecule has 1 aliphatic rings. The Labute approximate surface area is 189 Å². The van der Waals surface area contributed by atoms with Gasteiger partial charge in [-0.2, -0.15) is 0 Å². The molecule has 0 bridgehead atoms. The number of benzene rings is 2. The summed E-state index contributed by atoms with van der Waals surface area (Å²) >= 11 is 0. The maximum Gasteiger partial charge on any atom is 0.229 e. The average Bonchev–Trinajstić information content (AvgIpc) is 2.82. The first-order chi connectivity index (χ1) is 15.5. The maximum absolute atomic E-state index is 10.1.